The average molecular weight is 432 g/mol. The average Bonchev–Trinajstić information content (AvgIpc) is 2.51. The van der Waals surface area contributed by atoms with Crippen molar-refractivity contribution in [3.8, 4) is 0 Å². The molecule has 0 radical (unpaired) electrons. The molecule has 6 aliphatic carbocycles. The Labute approximate surface area is 149 Å². The van der Waals surface area contributed by atoms with Gasteiger partial charge in [-0.05, 0) is 0 Å². The van der Waals surface area contributed by atoms with E-state index in [1.165, 1.54) is 0 Å². The molecule has 6 aliphatic rings. The first-order valence-electron chi connectivity index (χ1n) is 9.65. The third kappa shape index (κ3) is 2.51. The standard InChI is InChI=1S/C20H34Se2/c1-19(2)15-7-5-13(17(19)9-15)11-21-22-12-14-6-8-16-10-18(14)20(16,3)4/h13-18H,5-12H2,1-4H3/t13-,14-,15-,16-,17-,18-/m0/s1. The fourth-order valence-electron chi connectivity index (χ4n) is 6.60. The van der Waals surface area contributed by atoms with Crippen LogP contribution in [0.15, 0.2) is 0 Å². The van der Waals surface area contributed by atoms with Crippen LogP contribution in [0.5, 0.6) is 0 Å². The van der Waals surface area contributed by atoms with Gasteiger partial charge in [0.2, 0.25) is 0 Å². The van der Waals surface area contributed by atoms with E-state index in [0.29, 0.717) is 10.8 Å². The van der Waals surface area contributed by atoms with E-state index >= 15 is 0 Å². The molecule has 6 rings (SSSR count). The Bertz CT molecular complexity index is 383. The van der Waals surface area contributed by atoms with Crippen molar-refractivity contribution in [2.75, 3.05) is 0 Å². The van der Waals surface area contributed by atoms with Crippen LogP contribution in [0.2, 0.25) is 10.6 Å². The zero-order chi connectivity index (χ0) is 15.5. The first-order chi connectivity index (χ1) is 10.4. The molecule has 0 unspecified atom stereocenters. The zero-order valence-corrected chi connectivity index (χ0v) is 18.4. The summed E-state index contributed by atoms with van der Waals surface area (Å²) < 4.78 is 0. The van der Waals surface area contributed by atoms with Crippen molar-refractivity contribution in [2.45, 2.75) is 76.9 Å². The van der Waals surface area contributed by atoms with Gasteiger partial charge in [0.15, 0.2) is 0 Å². The van der Waals surface area contributed by atoms with E-state index in [0.717, 1.165) is 61.8 Å². The molecule has 0 aromatic carbocycles. The van der Waals surface area contributed by atoms with E-state index in [4.69, 9.17) is 0 Å². The third-order valence-electron chi connectivity index (χ3n) is 8.65. The maximum atomic E-state index is 2.56. The van der Waals surface area contributed by atoms with Crippen LogP contribution < -0.4 is 0 Å². The minimum absolute atomic E-state index is 0.709. The second kappa shape index (κ2) is 5.79. The quantitative estimate of drug-likeness (QED) is 0.409. The second-order valence-corrected chi connectivity index (χ2v) is 17.5. The van der Waals surface area contributed by atoms with Crippen LogP contribution in [-0.4, -0.2) is 26.3 Å². The molecule has 0 aromatic heterocycles. The number of rotatable bonds is 5. The fourth-order valence-corrected chi connectivity index (χ4v) is 15.3. The summed E-state index contributed by atoms with van der Waals surface area (Å²) in [7, 11) is 0. The molecule has 6 fully saturated rings. The van der Waals surface area contributed by atoms with Gasteiger partial charge >= 0.3 is 149 Å². The molecule has 22 heavy (non-hydrogen) atoms. The number of hydrogen-bond donors (Lipinski definition) is 0. The van der Waals surface area contributed by atoms with Crippen molar-refractivity contribution < 1.29 is 0 Å². The van der Waals surface area contributed by atoms with E-state index in [1.807, 2.05) is 0 Å². The fraction of sp³-hybridized carbons (Fsp3) is 1.00. The maximum absolute atomic E-state index is 2.56. The molecule has 0 amide bonds. The molecule has 0 spiro atoms. The Balaban J connectivity index is 1.20. The van der Waals surface area contributed by atoms with Gasteiger partial charge in [0, 0.05) is 0 Å². The molecule has 126 valence electrons. The van der Waals surface area contributed by atoms with Crippen molar-refractivity contribution in [3.63, 3.8) is 0 Å². The summed E-state index contributed by atoms with van der Waals surface area (Å²) >= 11 is 2.00. The van der Waals surface area contributed by atoms with E-state index in [9.17, 15) is 0 Å². The van der Waals surface area contributed by atoms with Crippen molar-refractivity contribution in [2.24, 2.45) is 46.3 Å². The molecule has 4 bridgehead atoms. The van der Waals surface area contributed by atoms with Crippen LogP contribution in [-0.2, 0) is 0 Å². The van der Waals surface area contributed by atoms with Crippen LogP contribution in [0.3, 0.4) is 0 Å². The molecule has 6 saturated carbocycles. The van der Waals surface area contributed by atoms with Gasteiger partial charge in [0.1, 0.15) is 0 Å². The van der Waals surface area contributed by atoms with Crippen molar-refractivity contribution in [1.29, 1.82) is 0 Å². The SMILES string of the molecule is CC1(C)[C@H]2CC[C@@H](C[Se][Se]C[C@@H]3CC[C@H]4C[C@@H]3C4(C)C)[C@@H]1C2. The van der Waals surface area contributed by atoms with Crippen LogP contribution >= 0.6 is 0 Å². The van der Waals surface area contributed by atoms with E-state index in [1.54, 1.807) is 49.2 Å². The summed E-state index contributed by atoms with van der Waals surface area (Å²) in [4.78, 5) is 0. The monoisotopic (exact) mass is 434 g/mol. The summed E-state index contributed by atoms with van der Waals surface area (Å²) in [6, 6.07) is 0. The van der Waals surface area contributed by atoms with E-state index in [2.05, 4.69) is 27.7 Å². The second-order valence-electron chi connectivity index (χ2n) is 9.96. The van der Waals surface area contributed by atoms with Gasteiger partial charge in [-0.2, -0.15) is 0 Å². The Morgan fingerprint density at radius 2 is 1.09 bits per heavy atom. The molecule has 6 atom stereocenters. The number of fused-ring (bicyclic) bond motifs is 4. The molecule has 0 nitrogen and oxygen atoms in total. The van der Waals surface area contributed by atoms with Gasteiger partial charge in [-0.3, -0.25) is 0 Å². The van der Waals surface area contributed by atoms with Crippen molar-refractivity contribution in [3.05, 3.63) is 0 Å². The Morgan fingerprint density at radius 3 is 1.41 bits per heavy atom. The molecule has 0 saturated heterocycles. The van der Waals surface area contributed by atoms with Gasteiger partial charge in [-0.15, -0.1) is 0 Å². The summed E-state index contributed by atoms with van der Waals surface area (Å²) in [5.41, 5.74) is 1.42. The van der Waals surface area contributed by atoms with Crippen molar-refractivity contribution in [1.82, 2.24) is 0 Å². The molecule has 0 aromatic rings. The molecule has 0 heterocycles. The van der Waals surface area contributed by atoms with Gasteiger partial charge in [0.05, 0.1) is 0 Å². The Kier molecular flexibility index (Phi) is 4.35. The topological polar surface area (TPSA) is 0 Å². The summed E-state index contributed by atoms with van der Waals surface area (Å²) in [5, 5.41) is 3.27. The molecule has 0 N–H and O–H groups in total. The van der Waals surface area contributed by atoms with Crippen LogP contribution in [0.1, 0.15) is 66.2 Å². The first kappa shape index (κ1) is 16.5. The van der Waals surface area contributed by atoms with E-state index < -0.39 is 0 Å². The predicted molar refractivity (Wildman–Crippen MR) is 97.3 cm³/mol. The molecule has 0 aliphatic heterocycles. The van der Waals surface area contributed by atoms with Crippen LogP contribution in [0.25, 0.3) is 0 Å². The van der Waals surface area contributed by atoms with Crippen LogP contribution in [0.4, 0.5) is 0 Å². The summed E-state index contributed by atoms with van der Waals surface area (Å²) in [6.07, 6.45) is 9.44. The molecule has 2 heteroatoms. The van der Waals surface area contributed by atoms with Crippen LogP contribution in [0, 0.1) is 46.3 Å². The van der Waals surface area contributed by atoms with Gasteiger partial charge < -0.3 is 0 Å². The van der Waals surface area contributed by atoms with Gasteiger partial charge in [-0.1, -0.05) is 0 Å². The van der Waals surface area contributed by atoms with Crippen molar-refractivity contribution >= 4 is 26.3 Å². The third-order valence-corrected chi connectivity index (χ3v) is 16.2. The molecular formula is C20H34Se2. The minimum atomic E-state index is 0.709. The Hall–Kier alpha value is 1.04. The van der Waals surface area contributed by atoms with E-state index in [-0.39, 0.29) is 0 Å². The van der Waals surface area contributed by atoms with Gasteiger partial charge in [0.25, 0.3) is 0 Å². The van der Waals surface area contributed by atoms with Gasteiger partial charge in [-0.25, -0.2) is 0 Å². The molecular weight excluding hydrogens is 398 g/mol. The zero-order valence-electron chi connectivity index (χ0n) is 14.9. The first-order valence-corrected chi connectivity index (χ1v) is 16.4. The summed E-state index contributed by atoms with van der Waals surface area (Å²) in [5.74, 6) is 6.62. The number of hydrogen-bond acceptors (Lipinski definition) is 0. The predicted octanol–water partition coefficient (Wildman–Crippen LogP) is 5.29. The Morgan fingerprint density at radius 1 is 0.682 bits per heavy atom. The summed E-state index contributed by atoms with van der Waals surface area (Å²) in [6.45, 7) is 10.3. The normalized spacial score (nSPS) is 47.5.